The van der Waals surface area contributed by atoms with Gasteiger partial charge < -0.3 is 15.2 Å². The van der Waals surface area contributed by atoms with Crippen molar-refractivity contribution in [3.63, 3.8) is 0 Å². The first-order chi connectivity index (χ1) is 9.02. The summed E-state index contributed by atoms with van der Waals surface area (Å²) >= 11 is 5.80. The molecule has 0 aliphatic carbocycles. The average Bonchev–Trinajstić information content (AvgIpc) is 2.34. The van der Waals surface area contributed by atoms with Crippen molar-refractivity contribution in [3.05, 3.63) is 29.3 Å². The standard InChI is InChI=1S/C13H16ClNO4/c1-2-6-19-11(8-12(16)17)13(18)15-10-5-3-4-9(14)7-10/h3-5,7,11H,2,6,8H2,1H3,(H,15,18)(H,16,17). The summed E-state index contributed by atoms with van der Waals surface area (Å²) < 4.78 is 5.24. The highest BCUT2D eigenvalue weighted by Gasteiger charge is 2.22. The van der Waals surface area contributed by atoms with Crippen molar-refractivity contribution in [2.75, 3.05) is 11.9 Å². The summed E-state index contributed by atoms with van der Waals surface area (Å²) in [5.41, 5.74) is 0.507. The molecule has 5 nitrogen and oxygen atoms in total. The molecule has 104 valence electrons. The molecule has 0 spiro atoms. The minimum Gasteiger partial charge on any atom is -0.481 e. The van der Waals surface area contributed by atoms with Crippen molar-refractivity contribution in [2.45, 2.75) is 25.9 Å². The number of halogens is 1. The van der Waals surface area contributed by atoms with Gasteiger partial charge in [-0.15, -0.1) is 0 Å². The van der Waals surface area contributed by atoms with Gasteiger partial charge in [-0.25, -0.2) is 0 Å². The first-order valence-electron chi connectivity index (χ1n) is 5.92. The summed E-state index contributed by atoms with van der Waals surface area (Å²) in [6, 6.07) is 6.62. The Bertz CT molecular complexity index is 450. The summed E-state index contributed by atoms with van der Waals surface area (Å²) in [4.78, 5) is 22.6. The first-order valence-corrected chi connectivity index (χ1v) is 6.30. The Hall–Kier alpha value is -1.59. The van der Waals surface area contributed by atoms with Crippen molar-refractivity contribution in [3.8, 4) is 0 Å². The number of carboxylic acid groups (broad SMARTS) is 1. The molecule has 0 heterocycles. The van der Waals surface area contributed by atoms with Gasteiger partial charge in [0.25, 0.3) is 5.91 Å². The van der Waals surface area contributed by atoms with Crippen LogP contribution in [0.2, 0.25) is 5.02 Å². The normalized spacial score (nSPS) is 11.9. The molecule has 1 aromatic carbocycles. The molecule has 6 heteroatoms. The molecule has 0 aliphatic rings. The number of anilines is 1. The first kappa shape index (κ1) is 15.5. The fraction of sp³-hybridized carbons (Fsp3) is 0.385. The van der Waals surface area contributed by atoms with E-state index in [4.69, 9.17) is 21.4 Å². The third kappa shape index (κ3) is 5.72. The third-order valence-electron chi connectivity index (χ3n) is 2.27. The van der Waals surface area contributed by atoms with Crippen LogP contribution in [0.3, 0.4) is 0 Å². The van der Waals surface area contributed by atoms with Crippen molar-refractivity contribution in [1.29, 1.82) is 0 Å². The molecule has 0 radical (unpaired) electrons. The maximum absolute atomic E-state index is 11.9. The van der Waals surface area contributed by atoms with Gasteiger partial charge in [-0.2, -0.15) is 0 Å². The zero-order chi connectivity index (χ0) is 14.3. The lowest BCUT2D eigenvalue weighted by Crippen LogP contribution is -2.32. The van der Waals surface area contributed by atoms with E-state index < -0.39 is 18.0 Å². The molecule has 19 heavy (non-hydrogen) atoms. The second-order valence-corrected chi connectivity index (χ2v) is 4.39. The van der Waals surface area contributed by atoms with E-state index in [9.17, 15) is 9.59 Å². The van der Waals surface area contributed by atoms with E-state index >= 15 is 0 Å². The molecule has 0 saturated heterocycles. The van der Waals surface area contributed by atoms with Gasteiger partial charge in [0.2, 0.25) is 0 Å². The number of nitrogens with one attached hydrogen (secondary N) is 1. The Balaban J connectivity index is 2.67. The number of carboxylic acids is 1. The van der Waals surface area contributed by atoms with Crippen LogP contribution in [-0.4, -0.2) is 29.7 Å². The van der Waals surface area contributed by atoms with Crippen LogP contribution >= 0.6 is 11.6 Å². The highest BCUT2D eigenvalue weighted by Crippen LogP contribution is 2.15. The quantitative estimate of drug-likeness (QED) is 0.807. The Morgan fingerprint density at radius 1 is 1.47 bits per heavy atom. The number of aliphatic carboxylic acids is 1. The van der Waals surface area contributed by atoms with E-state index in [1.807, 2.05) is 6.92 Å². The maximum Gasteiger partial charge on any atom is 0.306 e. The van der Waals surface area contributed by atoms with Crippen molar-refractivity contribution >= 4 is 29.2 Å². The molecule has 1 rings (SSSR count). The second-order valence-electron chi connectivity index (χ2n) is 3.96. The van der Waals surface area contributed by atoms with E-state index in [0.29, 0.717) is 23.7 Å². The van der Waals surface area contributed by atoms with Gasteiger partial charge in [0.15, 0.2) is 0 Å². The van der Waals surface area contributed by atoms with E-state index in [1.165, 1.54) is 0 Å². The number of hydrogen-bond acceptors (Lipinski definition) is 3. The zero-order valence-corrected chi connectivity index (χ0v) is 11.3. The highest BCUT2D eigenvalue weighted by molar-refractivity contribution is 6.30. The second kappa shape index (κ2) is 7.76. The number of rotatable bonds is 7. The van der Waals surface area contributed by atoms with E-state index in [-0.39, 0.29) is 6.42 Å². The number of carbonyl (C=O) groups excluding carboxylic acids is 1. The molecule has 0 saturated carbocycles. The van der Waals surface area contributed by atoms with Gasteiger partial charge in [-0.05, 0) is 24.6 Å². The summed E-state index contributed by atoms with van der Waals surface area (Å²) in [5.74, 6) is -1.57. The summed E-state index contributed by atoms with van der Waals surface area (Å²) in [5, 5.41) is 11.8. The maximum atomic E-state index is 11.9. The van der Waals surface area contributed by atoms with Crippen molar-refractivity contribution in [2.24, 2.45) is 0 Å². The summed E-state index contributed by atoms with van der Waals surface area (Å²) in [6.45, 7) is 2.22. The monoisotopic (exact) mass is 285 g/mol. The van der Waals surface area contributed by atoms with Crippen LogP contribution in [0.4, 0.5) is 5.69 Å². The van der Waals surface area contributed by atoms with Gasteiger partial charge in [0.05, 0.1) is 6.42 Å². The minimum absolute atomic E-state index is 0.334. The molecule has 1 aromatic rings. The van der Waals surface area contributed by atoms with Crippen LogP contribution in [0.15, 0.2) is 24.3 Å². The molecule has 0 bridgehead atoms. The van der Waals surface area contributed by atoms with Crippen molar-refractivity contribution < 1.29 is 19.4 Å². The highest BCUT2D eigenvalue weighted by atomic mass is 35.5. The van der Waals surface area contributed by atoms with Crippen LogP contribution in [-0.2, 0) is 14.3 Å². The Kier molecular flexibility index (Phi) is 6.32. The SMILES string of the molecule is CCCOC(CC(=O)O)C(=O)Nc1cccc(Cl)c1. The molecule has 0 aliphatic heterocycles. The van der Waals surface area contributed by atoms with E-state index in [0.717, 1.165) is 0 Å². The third-order valence-corrected chi connectivity index (χ3v) is 2.50. The molecule has 1 unspecified atom stereocenters. The Labute approximate surface area is 116 Å². The van der Waals surface area contributed by atoms with Crippen LogP contribution in [0, 0.1) is 0 Å². The van der Waals surface area contributed by atoms with Gasteiger partial charge >= 0.3 is 5.97 Å². The van der Waals surface area contributed by atoms with Crippen LogP contribution in [0.1, 0.15) is 19.8 Å². The van der Waals surface area contributed by atoms with E-state index in [2.05, 4.69) is 5.32 Å². The lowest BCUT2D eigenvalue weighted by Gasteiger charge is -2.15. The zero-order valence-electron chi connectivity index (χ0n) is 10.6. The van der Waals surface area contributed by atoms with Crippen molar-refractivity contribution in [1.82, 2.24) is 0 Å². The van der Waals surface area contributed by atoms with Crippen LogP contribution in [0.5, 0.6) is 0 Å². The number of benzene rings is 1. The molecule has 0 aromatic heterocycles. The Morgan fingerprint density at radius 2 is 2.21 bits per heavy atom. The largest absolute Gasteiger partial charge is 0.481 e. The summed E-state index contributed by atoms with van der Waals surface area (Å²) in [7, 11) is 0. The average molecular weight is 286 g/mol. The fourth-order valence-electron chi connectivity index (χ4n) is 1.44. The van der Waals surface area contributed by atoms with Crippen LogP contribution < -0.4 is 5.32 Å². The smallest absolute Gasteiger partial charge is 0.306 e. The van der Waals surface area contributed by atoms with Gasteiger partial charge in [-0.3, -0.25) is 9.59 Å². The van der Waals surface area contributed by atoms with Crippen LogP contribution in [0.25, 0.3) is 0 Å². The number of ether oxygens (including phenoxy) is 1. The lowest BCUT2D eigenvalue weighted by atomic mass is 10.2. The van der Waals surface area contributed by atoms with Gasteiger partial charge in [0, 0.05) is 17.3 Å². The molecule has 1 amide bonds. The molecular formula is C13H16ClNO4. The number of carbonyl (C=O) groups is 2. The number of amides is 1. The predicted molar refractivity (Wildman–Crippen MR) is 72.4 cm³/mol. The Morgan fingerprint density at radius 3 is 2.79 bits per heavy atom. The number of hydrogen-bond donors (Lipinski definition) is 2. The van der Waals surface area contributed by atoms with E-state index in [1.54, 1.807) is 24.3 Å². The molecule has 0 fully saturated rings. The molecule has 2 N–H and O–H groups in total. The topological polar surface area (TPSA) is 75.6 Å². The molecular weight excluding hydrogens is 270 g/mol. The lowest BCUT2D eigenvalue weighted by molar-refractivity contribution is -0.144. The van der Waals surface area contributed by atoms with Gasteiger partial charge in [0.1, 0.15) is 6.10 Å². The predicted octanol–water partition coefficient (Wildman–Crippen LogP) is 2.55. The summed E-state index contributed by atoms with van der Waals surface area (Å²) in [6.07, 6.45) is -0.663. The molecule has 1 atom stereocenters. The fourth-order valence-corrected chi connectivity index (χ4v) is 1.63. The van der Waals surface area contributed by atoms with Gasteiger partial charge in [-0.1, -0.05) is 24.6 Å². The minimum atomic E-state index is -1.08.